The number of H-pyrrole nitrogens is 2. The lowest BCUT2D eigenvalue weighted by molar-refractivity contribution is 0.0517. The average molecular weight is 1230 g/mol. The van der Waals surface area contributed by atoms with Gasteiger partial charge in [-0.25, -0.2) is 62.8 Å². The van der Waals surface area contributed by atoms with E-state index < -0.39 is 5.97 Å². The number of aryl methyl sites for hydroxylation is 4. The molecule has 13 rings (SSSR count). The number of imidazole rings is 7. The summed E-state index contributed by atoms with van der Waals surface area (Å²) >= 11 is 5.31. The second kappa shape index (κ2) is 25.9. The molecular weight excluding hydrogens is 1170 g/mol. The highest BCUT2D eigenvalue weighted by Crippen LogP contribution is 2.27. The van der Waals surface area contributed by atoms with E-state index in [9.17, 15) is 28.0 Å². The number of aromatic carboxylic acids is 1. The third-order valence-electron chi connectivity index (χ3n) is 13.6. The molecule has 0 saturated heterocycles. The van der Waals surface area contributed by atoms with Crippen LogP contribution in [-0.4, -0.2) is 122 Å². The molecule has 89 heavy (non-hydrogen) atoms. The highest BCUT2D eigenvalue weighted by Gasteiger charge is 2.18. The number of nitrogens with two attached hydrogens (primary N) is 1. The maximum absolute atomic E-state index is 13.3. The number of ether oxygens (including phenoxy) is 3. The van der Waals surface area contributed by atoms with Crippen LogP contribution in [0.25, 0.3) is 66.2 Å². The third kappa shape index (κ3) is 13.3. The fourth-order valence-electron chi connectivity index (χ4n) is 9.14. The van der Waals surface area contributed by atoms with Crippen molar-refractivity contribution in [3.8, 4) is 0 Å². The molecule has 0 amide bonds. The van der Waals surface area contributed by atoms with Crippen molar-refractivity contribution >= 4 is 143 Å². The van der Waals surface area contributed by atoms with Crippen LogP contribution < -0.4 is 21.7 Å². The van der Waals surface area contributed by atoms with Gasteiger partial charge in [0, 0.05) is 40.6 Å². The van der Waals surface area contributed by atoms with E-state index in [1.165, 1.54) is 36.4 Å². The van der Waals surface area contributed by atoms with Gasteiger partial charge in [0.1, 0.15) is 18.0 Å². The van der Waals surface area contributed by atoms with Gasteiger partial charge in [0.25, 0.3) is 0 Å². The van der Waals surface area contributed by atoms with Gasteiger partial charge in [-0.1, -0.05) is 0 Å². The Balaban J connectivity index is 0.000000133. The molecular formula is C60H56F2N18O8S. The SMILES string of the molecule is CCOC(=O)c1ccc2c(c1)nc(N)n2C.CCOC(=O)c1ccc2c(c1)nc(NC(=S)n1ccnc1)n2C.CCOC(=O)c1ccc2c(c1)nc(Nc1nc3ccc(F)cc3[nH]1)n2C.Cn1c(Nc2nc3ccc(F)cc3[nH]2)nc2cc(C(=O)O)ccc21. The molecule has 13 aromatic rings. The predicted octanol–water partition coefficient (Wildman–Crippen LogP) is 10.1. The van der Waals surface area contributed by atoms with Gasteiger partial charge >= 0.3 is 23.9 Å². The van der Waals surface area contributed by atoms with Crippen molar-refractivity contribution < 1.29 is 47.3 Å². The molecule has 0 spiro atoms. The average Bonchev–Trinajstić information content (AvgIpc) is 1.97. The minimum Gasteiger partial charge on any atom is -0.478 e. The van der Waals surface area contributed by atoms with E-state index in [0.717, 1.165) is 22.1 Å². The smallest absolute Gasteiger partial charge is 0.338 e. The van der Waals surface area contributed by atoms with Crippen molar-refractivity contribution in [2.45, 2.75) is 20.8 Å². The highest BCUT2D eigenvalue weighted by atomic mass is 32.1. The van der Waals surface area contributed by atoms with E-state index in [-0.39, 0.29) is 35.1 Å². The Morgan fingerprint density at radius 2 is 0.921 bits per heavy atom. The number of hydrogen-bond acceptors (Lipinski definition) is 18. The summed E-state index contributed by atoms with van der Waals surface area (Å²) in [7, 11) is 7.36. The van der Waals surface area contributed by atoms with Gasteiger partial charge in [0.05, 0.1) is 108 Å². The van der Waals surface area contributed by atoms with Crippen LogP contribution in [0, 0.1) is 11.6 Å². The second-order valence-electron chi connectivity index (χ2n) is 19.4. The van der Waals surface area contributed by atoms with Gasteiger partial charge < -0.3 is 58.6 Å². The Bertz CT molecular complexity index is 4830. The summed E-state index contributed by atoms with van der Waals surface area (Å²) in [5.74, 6) is 0.163. The van der Waals surface area contributed by atoms with Gasteiger partial charge in [0.2, 0.25) is 35.7 Å². The first-order chi connectivity index (χ1) is 42.8. The van der Waals surface area contributed by atoms with Gasteiger partial charge in [-0.3, -0.25) is 15.2 Å². The van der Waals surface area contributed by atoms with Crippen LogP contribution in [0.5, 0.6) is 0 Å². The number of carboxylic acid groups (broad SMARTS) is 1. The van der Waals surface area contributed by atoms with Crippen LogP contribution in [0.1, 0.15) is 62.2 Å². The van der Waals surface area contributed by atoms with Crippen molar-refractivity contribution in [3.63, 3.8) is 0 Å². The lowest BCUT2D eigenvalue weighted by atomic mass is 10.2. The Morgan fingerprint density at radius 1 is 0.528 bits per heavy atom. The monoisotopic (exact) mass is 1230 g/mol. The minimum absolute atomic E-state index is 0.173. The highest BCUT2D eigenvalue weighted by molar-refractivity contribution is 7.80. The number of benzene rings is 6. The number of anilines is 6. The predicted molar refractivity (Wildman–Crippen MR) is 335 cm³/mol. The zero-order valence-electron chi connectivity index (χ0n) is 48.7. The maximum Gasteiger partial charge on any atom is 0.338 e. The topological polar surface area (TPSA) is 325 Å². The number of nitrogens with zero attached hydrogens (tertiary/aromatic N) is 12. The Labute approximate surface area is 508 Å². The molecule has 0 saturated carbocycles. The summed E-state index contributed by atoms with van der Waals surface area (Å²) in [5.41, 5.74) is 15.7. The Morgan fingerprint density at radius 3 is 1.34 bits per heavy atom. The number of aromatic nitrogens is 14. The number of nitrogens with one attached hydrogen (secondary N) is 5. The molecule has 6 aromatic carbocycles. The van der Waals surface area contributed by atoms with E-state index >= 15 is 0 Å². The van der Waals surface area contributed by atoms with Crippen molar-refractivity contribution in [2.75, 3.05) is 41.5 Å². The van der Waals surface area contributed by atoms with Crippen molar-refractivity contribution in [1.82, 2.24) is 67.7 Å². The number of thiocarbonyl (C=S) groups is 1. The molecule has 0 fully saturated rings. The Kier molecular flexibility index (Phi) is 17.6. The second-order valence-corrected chi connectivity index (χ2v) is 19.8. The van der Waals surface area contributed by atoms with E-state index in [2.05, 4.69) is 60.8 Å². The summed E-state index contributed by atoms with van der Waals surface area (Å²) in [6.45, 7) is 6.33. The quantitative estimate of drug-likeness (QED) is 0.0340. The summed E-state index contributed by atoms with van der Waals surface area (Å²) < 4.78 is 50.4. The van der Waals surface area contributed by atoms with E-state index in [1.54, 1.807) is 115 Å². The number of halogens is 2. The lowest BCUT2D eigenvalue weighted by Crippen LogP contribution is -2.19. The molecule has 0 radical (unpaired) electrons. The van der Waals surface area contributed by atoms with Crippen molar-refractivity contribution in [3.05, 3.63) is 162 Å². The number of fused-ring (bicyclic) bond motifs is 6. The van der Waals surface area contributed by atoms with Crippen LogP contribution in [0.15, 0.2) is 128 Å². The number of hydrogen-bond donors (Lipinski definition) is 7. The molecule has 8 N–H and O–H groups in total. The maximum atomic E-state index is 13.3. The van der Waals surface area contributed by atoms with Gasteiger partial charge in [-0.2, -0.15) is 0 Å². The first-order valence-corrected chi connectivity index (χ1v) is 27.7. The number of carbonyl (C=O) groups excluding carboxylic acids is 3. The zero-order valence-corrected chi connectivity index (χ0v) is 49.5. The van der Waals surface area contributed by atoms with Crippen LogP contribution in [-0.2, 0) is 42.4 Å². The fourth-order valence-corrected chi connectivity index (χ4v) is 9.34. The molecule has 0 aliphatic rings. The van der Waals surface area contributed by atoms with Crippen molar-refractivity contribution in [2.24, 2.45) is 28.2 Å². The molecule has 0 aliphatic carbocycles. The Hall–Kier alpha value is -11.6. The number of rotatable bonds is 12. The molecule has 454 valence electrons. The number of carbonyl (C=O) groups is 4. The summed E-state index contributed by atoms with van der Waals surface area (Å²) in [6, 6.07) is 29.0. The molecule has 7 heterocycles. The van der Waals surface area contributed by atoms with E-state index in [0.29, 0.717) is 121 Å². The molecule has 26 nitrogen and oxygen atoms in total. The van der Waals surface area contributed by atoms with Crippen LogP contribution in [0.4, 0.5) is 44.5 Å². The van der Waals surface area contributed by atoms with E-state index in [1.807, 2.05) is 48.5 Å². The normalized spacial score (nSPS) is 11.0. The summed E-state index contributed by atoms with van der Waals surface area (Å²) in [6.07, 6.45) is 5.00. The molecule has 7 aromatic heterocycles. The molecule has 0 aliphatic heterocycles. The summed E-state index contributed by atoms with van der Waals surface area (Å²) in [5, 5.41) is 18.7. The zero-order chi connectivity index (χ0) is 63.2. The molecule has 0 unspecified atom stereocenters. The van der Waals surface area contributed by atoms with Crippen LogP contribution in [0.3, 0.4) is 0 Å². The first kappa shape index (κ1) is 60.5. The fraction of sp³-hybridized carbons (Fsp3) is 0.167. The van der Waals surface area contributed by atoms with Crippen LogP contribution in [0.2, 0.25) is 0 Å². The summed E-state index contributed by atoms with van der Waals surface area (Å²) in [4.78, 5) is 82.4. The molecule has 0 atom stereocenters. The number of aromatic amines is 2. The van der Waals surface area contributed by atoms with E-state index in [4.69, 9.17) is 37.3 Å². The van der Waals surface area contributed by atoms with Crippen LogP contribution >= 0.6 is 12.2 Å². The van der Waals surface area contributed by atoms with Crippen molar-refractivity contribution in [1.29, 1.82) is 0 Å². The number of esters is 3. The standard InChI is InChI=1S/C18H16FN5O2.C16H12FN5O2.C15H15N5O2S.C11H13N3O2/c1-3-26-16(25)10-4-7-15-14(8-10)22-18(24(15)2)23-17-20-12-6-5-11(19)9-13(12)21-17;1-22-13-5-2-8(14(23)24)6-12(13)20-16(22)21-15-18-10-4-3-9(17)7-11(10)19-15;1-3-22-13(21)10-4-5-12-11(8-10)17-14(19(12)2)18-15(23)20-7-6-16-9-20;1-3-16-10(15)7-4-5-9-8(6-7)13-11(12)14(9)2/h4-9H,3H2,1-2H3,(H2,20,21,22,23);2-7H,1H3,(H,23,24)(H2,18,19,20,21);4-9H,3H2,1-2H3,(H,17,18,23);4-6H,3H2,1-2H3,(H2,12,13). The molecule has 29 heteroatoms. The van der Waals surface area contributed by atoms with Gasteiger partial charge in [-0.05, 0) is 142 Å². The lowest BCUT2D eigenvalue weighted by Gasteiger charge is -2.07. The third-order valence-corrected chi connectivity index (χ3v) is 14.0. The minimum atomic E-state index is -1.00. The number of nitrogen functional groups attached to an aromatic ring is 1. The largest absolute Gasteiger partial charge is 0.478 e. The first-order valence-electron chi connectivity index (χ1n) is 27.3. The number of carboxylic acids is 1. The van der Waals surface area contributed by atoms with Gasteiger partial charge in [-0.15, -0.1) is 0 Å². The van der Waals surface area contributed by atoms with Gasteiger partial charge in [0.15, 0.2) is 5.11 Å². The molecule has 0 bridgehead atoms.